The van der Waals surface area contributed by atoms with Crippen molar-refractivity contribution in [3.05, 3.63) is 83.2 Å². The van der Waals surface area contributed by atoms with E-state index in [1.54, 1.807) is 9.58 Å². The first-order valence-electron chi connectivity index (χ1n) is 13.3. The summed E-state index contributed by atoms with van der Waals surface area (Å²) in [7, 11) is 0. The summed E-state index contributed by atoms with van der Waals surface area (Å²) in [5, 5.41) is 16.0. The molecule has 9 heteroatoms. The number of aromatic nitrogens is 2. The molecule has 5 rings (SSSR count). The van der Waals surface area contributed by atoms with Gasteiger partial charge in [-0.3, -0.25) is 14.5 Å². The number of carbonyl (C=O) groups excluding carboxylic acids is 2. The molecule has 3 aromatic rings. The number of para-hydroxylation sites is 1. The van der Waals surface area contributed by atoms with E-state index in [9.17, 15) is 14.7 Å². The third-order valence-electron chi connectivity index (χ3n) is 7.13. The second-order valence-electron chi connectivity index (χ2n) is 10.1. The second-order valence-corrected chi connectivity index (χ2v) is 10.1. The van der Waals surface area contributed by atoms with Gasteiger partial charge in [0.1, 0.15) is 11.5 Å². The summed E-state index contributed by atoms with van der Waals surface area (Å²) >= 11 is 0. The van der Waals surface area contributed by atoms with Gasteiger partial charge in [-0.2, -0.15) is 5.10 Å². The van der Waals surface area contributed by atoms with Crippen LogP contribution in [0.4, 0.5) is 0 Å². The Morgan fingerprint density at radius 3 is 2.41 bits per heavy atom. The SMILES string of the molecule is Cc1c(C(O)=C2C(=O)C(=O)N(CCN3CCOCC3)[C@@H]2c2ccc(OC(C)C)cc2)cnn1-c1ccccc1. The van der Waals surface area contributed by atoms with E-state index < -0.39 is 17.7 Å². The largest absolute Gasteiger partial charge is 0.507 e. The van der Waals surface area contributed by atoms with Crippen molar-refractivity contribution >= 4 is 17.4 Å². The standard InChI is InChI=1S/C30H34N4O5/c1-20(2)39-24-11-9-22(10-12-24)27-26(29(36)30(37)33(27)14-13-32-15-17-38-18-16-32)28(35)25-19-31-34(21(25)3)23-7-5-4-6-8-23/h4-12,19-20,27,35H,13-18H2,1-3H3/t27-/m1/s1. The molecule has 0 unspecified atom stereocenters. The third kappa shape index (κ3) is 5.46. The number of aliphatic hydroxyl groups is 1. The van der Waals surface area contributed by atoms with E-state index in [1.807, 2.05) is 75.4 Å². The van der Waals surface area contributed by atoms with Crippen molar-refractivity contribution in [1.82, 2.24) is 19.6 Å². The summed E-state index contributed by atoms with van der Waals surface area (Å²) < 4.78 is 12.9. The van der Waals surface area contributed by atoms with E-state index in [0.717, 1.165) is 24.3 Å². The van der Waals surface area contributed by atoms with Gasteiger partial charge in [0, 0.05) is 26.2 Å². The van der Waals surface area contributed by atoms with Gasteiger partial charge in [-0.05, 0) is 50.6 Å². The van der Waals surface area contributed by atoms with Crippen LogP contribution in [0.5, 0.6) is 5.75 Å². The Hall–Kier alpha value is -3.95. The fraction of sp³-hybridized carbons (Fsp3) is 0.367. The van der Waals surface area contributed by atoms with Gasteiger partial charge in [-0.1, -0.05) is 30.3 Å². The molecule has 1 amide bonds. The molecular formula is C30H34N4O5. The number of ether oxygens (including phenoxy) is 2. The monoisotopic (exact) mass is 530 g/mol. The van der Waals surface area contributed by atoms with Gasteiger partial charge in [-0.25, -0.2) is 4.68 Å². The molecule has 1 N–H and O–H groups in total. The normalized spacial score (nSPS) is 19.7. The van der Waals surface area contributed by atoms with Crippen molar-refractivity contribution < 1.29 is 24.2 Å². The molecule has 2 aliphatic rings. The van der Waals surface area contributed by atoms with Crippen LogP contribution in [0.15, 0.2) is 66.4 Å². The number of rotatable bonds is 8. The smallest absolute Gasteiger partial charge is 0.295 e. The number of likely N-dealkylation sites (tertiary alicyclic amines) is 1. The number of benzene rings is 2. The maximum Gasteiger partial charge on any atom is 0.295 e. The number of nitrogens with zero attached hydrogens (tertiary/aromatic N) is 4. The summed E-state index contributed by atoms with van der Waals surface area (Å²) in [5.41, 5.74) is 2.70. The highest BCUT2D eigenvalue weighted by atomic mass is 16.5. The number of morpholine rings is 1. The van der Waals surface area contributed by atoms with Crippen molar-refractivity contribution in [2.75, 3.05) is 39.4 Å². The predicted octanol–water partition coefficient (Wildman–Crippen LogP) is 3.72. The molecule has 2 fully saturated rings. The van der Waals surface area contributed by atoms with Gasteiger partial charge in [0.05, 0.1) is 54.1 Å². The Balaban J connectivity index is 1.54. The van der Waals surface area contributed by atoms with E-state index in [2.05, 4.69) is 10.00 Å². The molecule has 3 heterocycles. The van der Waals surface area contributed by atoms with Crippen LogP contribution in [0.1, 0.15) is 36.7 Å². The summed E-state index contributed by atoms with van der Waals surface area (Å²) in [6, 6.07) is 16.2. The second kappa shape index (κ2) is 11.4. The molecule has 0 radical (unpaired) electrons. The minimum Gasteiger partial charge on any atom is -0.507 e. The number of carbonyl (C=O) groups is 2. The maximum absolute atomic E-state index is 13.5. The molecule has 2 saturated heterocycles. The molecule has 0 aliphatic carbocycles. The van der Waals surface area contributed by atoms with E-state index in [1.165, 1.54) is 6.20 Å². The van der Waals surface area contributed by atoms with E-state index in [-0.39, 0.29) is 17.4 Å². The van der Waals surface area contributed by atoms with Crippen LogP contribution in [-0.4, -0.2) is 81.9 Å². The van der Waals surface area contributed by atoms with E-state index in [4.69, 9.17) is 9.47 Å². The Labute approximate surface area is 228 Å². The molecule has 1 atom stereocenters. The number of hydrogen-bond acceptors (Lipinski definition) is 7. The minimum absolute atomic E-state index is 0.0131. The zero-order valence-electron chi connectivity index (χ0n) is 22.5. The first kappa shape index (κ1) is 26.6. The van der Waals surface area contributed by atoms with Crippen molar-refractivity contribution in [3.8, 4) is 11.4 Å². The highest BCUT2D eigenvalue weighted by Gasteiger charge is 2.46. The quantitative estimate of drug-likeness (QED) is 0.269. The van der Waals surface area contributed by atoms with E-state index in [0.29, 0.717) is 43.3 Å². The zero-order chi connectivity index (χ0) is 27.5. The molecule has 1 aromatic heterocycles. The van der Waals surface area contributed by atoms with Crippen LogP contribution >= 0.6 is 0 Å². The average molecular weight is 531 g/mol. The maximum atomic E-state index is 13.5. The Kier molecular flexibility index (Phi) is 7.81. The van der Waals surface area contributed by atoms with Crippen LogP contribution < -0.4 is 4.74 Å². The summed E-state index contributed by atoms with van der Waals surface area (Å²) in [5.74, 6) is -0.854. The number of aliphatic hydroxyl groups excluding tert-OH is 1. The highest BCUT2D eigenvalue weighted by Crippen LogP contribution is 2.40. The molecule has 0 spiro atoms. The predicted molar refractivity (Wildman–Crippen MR) is 147 cm³/mol. The Morgan fingerprint density at radius 1 is 1.05 bits per heavy atom. The molecule has 0 saturated carbocycles. The summed E-state index contributed by atoms with van der Waals surface area (Å²) in [4.78, 5) is 30.6. The van der Waals surface area contributed by atoms with Gasteiger partial charge in [-0.15, -0.1) is 0 Å². The molecule has 0 bridgehead atoms. The Bertz CT molecular complexity index is 1360. The van der Waals surface area contributed by atoms with Gasteiger partial charge >= 0.3 is 0 Å². The Morgan fingerprint density at radius 2 is 1.74 bits per heavy atom. The third-order valence-corrected chi connectivity index (χ3v) is 7.13. The van der Waals surface area contributed by atoms with E-state index >= 15 is 0 Å². The number of ketones is 1. The highest BCUT2D eigenvalue weighted by molar-refractivity contribution is 6.46. The first-order valence-corrected chi connectivity index (χ1v) is 13.3. The summed E-state index contributed by atoms with van der Waals surface area (Å²) in [6.07, 6.45) is 1.55. The summed E-state index contributed by atoms with van der Waals surface area (Å²) in [6.45, 7) is 9.51. The van der Waals surface area contributed by atoms with Crippen LogP contribution in [0.25, 0.3) is 11.4 Å². The lowest BCUT2D eigenvalue weighted by Crippen LogP contribution is -2.42. The average Bonchev–Trinajstić information content (AvgIpc) is 3.45. The topological polar surface area (TPSA) is 97.1 Å². The molecule has 204 valence electrons. The minimum atomic E-state index is -0.737. The lowest BCUT2D eigenvalue weighted by atomic mass is 9.95. The molecule has 2 aliphatic heterocycles. The lowest BCUT2D eigenvalue weighted by molar-refractivity contribution is -0.140. The van der Waals surface area contributed by atoms with Crippen molar-refractivity contribution in [1.29, 1.82) is 0 Å². The first-order chi connectivity index (χ1) is 18.8. The van der Waals surface area contributed by atoms with Crippen molar-refractivity contribution in [2.45, 2.75) is 32.9 Å². The number of amides is 1. The van der Waals surface area contributed by atoms with Crippen LogP contribution in [0, 0.1) is 6.92 Å². The van der Waals surface area contributed by atoms with Gasteiger partial charge in [0.25, 0.3) is 11.7 Å². The fourth-order valence-corrected chi connectivity index (χ4v) is 5.15. The van der Waals surface area contributed by atoms with Crippen LogP contribution in [0.2, 0.25) is 0 Å². The van der Waals surface area contributed by atoms with Crippen molar-refractivity contribution in [2.24, 2.45) is 0 Å². The molecule has 2 aromatic carbocycles. The number of Topliss-reactive ketones (excluding diaryl/α,β-unsaturated/α-hetero) is 1. The van der Waals surface area contributed by atoms with Gasteiger partial charge in [0.2, 0.25) is 0 Å². The lowest BCUT2D eigenvalue weighted by Gasteiger charge is -2.31. The molecule has 39 heavy (non-hydrogen) atoms. The van der Waals surface area contributed by atoms with Gasteiger partial charge in [0.15, 0.2) is 0 Å². The zero-order valence-corrected chi connectivity index (χ0v) is 22.5. The van der Waals surface area contributed by atoms with Crippen LogP contribution in [0.3, 0.4) is 0 Å². The fourth-order valence-electron chi connectivity index (χ4n) is 5.15. The molecular weight excluding hydrogens is 496 g/mol. The van der Waals surface area contributed by atoms with Gasteiger partial charge < -0.3 is 19.5 Å². The molecule has 9 nitrogen and oxygen atoms in total. The van der Waals surface area contributed by atoms with Crippen LogP contribution in [-0.2, 0) is 14.3 Å². The van der Waals surface area contributed by atoms with Crippen molar-refractivity contribution in [3.63, 3.8) is 0 Å². The number of hydrogen-bond donors (Lipinski definition) is 1.